The van der Waals surface area contributed by atoms with E-state index >= 15 is 0 Å². The van der Waals surface area contributed by atoms with Crippen molar-refractivity contribution in [2.75, 3.05) is 13.2 Å². The van der Waals surface area contributed by atoms with E-state index in [2.05, 4.69) is 19.2 Å². The van der Waals surface area contributed by atoms with Crippen LogP contribution in [0, 0.1) is 0 Å². The fraction of sp³-hybridized carbons (Fsp3) is 1.00. The Morgan fingerprint density at radius 1 is 1.07 bits per heavy atom. The van der Waals surface area contributed by atoms with Crippen LogP contribution in [0.3, 0.4) is 0 Å². The average molecular weight is 201 g/mol. The molecule has 1 atom stereocenters. The zero-order valence-corrected chi connectivity index (χ0v) is 9.89. The van der Waals surface area contributed by atoms with Crippen LogP contribution in [0.2, 0.25) is 0 Å². The lowest BCUT2D eigenvalue weighted by Crippen LogP contribution is -2.27. The van der Waals surface area contributed by atoms with Crippen molar-refractivity contribution in [1.29, 1.82) is 0 Å². The first kappa shape index (κ1) is 13.9. The van der Waals surface area contributed by atoms with E-state index in [0.29, 0.717) is 12.6 Å². The molecule has 0 spiro atoms. The summed E-state index contributed by atoms with van der Waals surface area (Å²) in [6.45, 7) is 5.74. The van der Waals surface area contributed by atoms with Gasteiger partial charge in [-0.15, -0.1) is 0 Å². The summed E-state index contributed by atoms with van der Waals surface area (Å²) in [5, 5.41) is 12.0. The fourth-order valence-corrected chi connectivity index (χ4v) is 1.58. The standard InChI is InChI=1S/C12H27NO/c1-3-4-5-6-7-9-12(2)13-10-8-11-14/h12-14H,3-11H2,1-2H3/t12-/m0/s1. The third kappa shape index (κ3) is 10.0. The van der Waals surface area contributed by atoms with E-state index < -0.39 is 0 Å². The zero-order valence-electron chi connectivity index (χ0n) is 9.89. The molecule has 0 saturated heterocycles. The zero-order chi connectivity index (χ0) is 10.6. The summed E-state index contributed by atoms with van der Waals surface area (Å²) < 4.78 is 0. The third-order valence-corrected chi connectivity index (χ3v) is 2.57. The number of hydrogen-bond acceptors (Lipinski definition) is 2. The van der Waals surface area contributed by atoms with E-state index in [0.717, 1.165) is 13.0 Å². The van der Waals surface area contributed by atoms with Gasteiger partial charge in [0, 0.05) is 12.6 Å². The molecule has 2 nitrogen and oxygen atoms in total. The van der Waals surface area contributed by atoms with Crippen LogP contribution in [-0.2, 0) is 0 Å². The normalized spacial score (nSPS) is 13.1. The molecule has 0 rings (SSSR count). The first-order chi connectivity index (χ1) is 6.81. The summed E-state index contributed by atoms with van der Waals surface area (Å²) in [4.78, 5) is 0. The quantitative estimate of drug-likeness (QED) is 0.533. The van der Waals surface area contributed by atoms with Crippen LogP contribution in [0.15, 0.2) is 0 Å². The van der Waals surface area contributed by atoms with Gasteiger partial charge in [-0.25, -0.2) is 0 Å². The highest BCUT2D eigenvalue weighted by atomic mass is 16.3. The minimum atomic E-state index is 0.302. The summed E-state index contributed by atoms with van der Waals surface area (Å²) in [7, 11) is 0. The molecule has 0 heterocycles. The van der Waals surface area contributed by atoms with E-state index in [1.807, 2.05) is 0 Å². The Hall–Kier alpha value is -0.0800. The van der Waals surface area contributed by atoms with Crippen molar-refractivity contribution < 1.29 is 5.11 Å². The van der Waals surface area contributed by atoms with Crippen LogP contribution in [0.1, 0.15) is 58.8 Å². The van der Waals surface area contributed by atoms with E-state index in [1.54, 1.807) is 0 Å². The molecule has 0 amide bonds. The lowest BCUT2D eigenvalue weighted by atomic mass is 10.1. The van der Waals surface area contributed by atoms with Gasteiger partial charge in [0.2, 0.25) is 0 Å². The lowest BCUT2D eigenvalue weighted by molar-refractivity contribution is 0.283. The average Bonchev–Trinajstić information content (AvgIpc) is 2.18. The number of rotatable bonds is 10. The van der Waals surface area contributed by atoms with Gasteiger partial charge in [-0.3, -0.25) is 0 Å². The largest absolute Gasteiger partial charge is 0.396 e. The van der Waals surface area contributed by atoms with Gasteiger partial charge in [0.05, 0.1) is 0 Å². The van der Waals surface area contributed by atoms with Crippen molar-refractivity contribution in [3.05, 3.63) is 0 Å². The molecular weight excluding hydrogens is 174 g/mol. The van der Waals surface area contributed by atoms with Gasteiger partial charge in [0.1, 0.15) is 0 Å². The molecule has 2 heteroatoms. The van der Waals surface area contributed by atoms with Crippen LogP contribution in [-0.4, -0.2) is 24.3 Å². The second kappa shape index (κ2) is 11.0. The molecule has 0 bridgehead atoms. The molecule has 0 aromatic carbocycles. The molecule has 0 saturated carbocycles. The lowest BCUT2D eigenvalue weighted by Gasteiger charge is -2.12. The van der Waals surface area contributed by atoms with Crippen LogP contribution in [0.4, 0.5) is 0 Å². The van der Waals surface area contributed by atoms with E-state index in [1.165, 1.54) is 38.5 Å². The molecule has 0 radical (unpaired) electrons. The monoisotopic (exact) mass is 201 g/mol. The van der Waals surface area contributed by atoms with Gasteiger partial charge in [0.15, 0.2) is 0 Å². The fourth-order valence-electron chi connectivity index (χ4n) is 1.58. The Kier molecular flexibility index (Phi) is 10.9. The maximum absolute atomic E-state index is 8.61. The van der Waals surface area contributed by atoms with Crippen LogP contribution in [0.5, 0.6) is 0 Å². The SMILES string of the molecule is CCCCCCC[C@H](C)NCCCO. The molecule has 0 fully saturated rings. The summed E-state index contributed by atoms with van der Waals surface area (Å²) in [6, 6.07) is 0.614. The summed E-state index contributed by atoms with van der Waals surface area (Å²) in [6.07, 6.45) is 8.96. The molecule has 0 aromatic heterocycles. The van der Waals surface area contributed by atoms with Gasteiger partial charge in [-0.2, -0.15) is 0 Å². The molecular formula is C12H27NO. The Balaban J connectivity index is 3.06. The second-order valence-electron chi connectivity index (χ2n) is 4.14. The van der Waals surface area contributed by atoms with Crippen LogP contribution >= 0.6 is 0 Å². The minimum Gasteiger partial charge on any atom is -0.396 e. The number of nitrogens with one attached hydrogen (secondary N) is 1. The van der Waals surface area contributed by atoms with Crippen LogP contribution < -0.4 is 5.32 Å². The highest BCUT2D eigenvalue weighted by Gasteiger charge is 1.99. The summed E-state index contributed by atoms with van der Waals surface area (Å²) in [5.74, 6) is 0. The van der Waals surface area contributed by atoms with Crippen molar-refractivity contribution in [2.24, 2.45) is 0 Å². The van der Waals surface area contributed by atoms with E-state index in [-0.39, 0.29) is 0 Å². The Bertz CT molecular complexity index is 106. The maximum atomic E-state index is 8.61. The van der Waals surface area contributed by atoms with Gasteiger partial charge in [-0.1, -0.05) is 39.0 Å². The Morgan fingerprint density at radius 2 is 1.79 bits per heavy atom. The maximum Gasteiger partial charge on any atom is 0.0443 e. The van der Waals surface area contributed by atoms with Gasteiger partial charge >= 0.3 is 0 Å². The highest BCUT2D eigenvalue weighted by molar-refractivity contribution is 4.60. The topological polar surface area (TPSA) is 32.3 Å². The Labute approximate surface area is 89.1 Å². The van der Waals surface area contributed by atoms with E-state index in [4.69, 9.17) is 5.11 Å². The smallest absolute Gasteiger partial charge is 0.0443 e. The first-order valence-electron chi connectivity index (χ1n) is 6.15. The van der Waals surface area contributed by atoms with Crippen molar-refractivity contribution in [2.45, 2.75) is 64.8 Å². The highest BCUT2D eigenvalue weighted by Crippen LogP contribution is 2.06. The molecule has 0 aliphatic carbocycles. The first-order valence-corrected chi connectivity index (χ1v) is 6.15. The molecule has 86 valence electrons. The predicted octanol–water partition coefficient (Wildman–Crippen LogP) is 2.71. The second-order valence-corrected chi connectivity index (χ2v) is 4.14. The van der Waals surface area contributed by atoms with Crippen molar-refractivity contribution >= 4 is 0 Å². The number of aliphatic hydroxyl groups is 1. The minimum absolute atomic E-state index is 0.302. The molecule has 0 aliphatic heterocycles. The van der Waals surface area contributed by atoms with Gasteiger partial charge in [0.25, 0.3) is 0 Å². The van der Waals surface area contributed by atoms with Crippen molar-refractivity contribution in [1.82, 2.24) is 5.32 Å². The molecule has 0 unspecified atom stereocenters. The molecule has 0 aliphatic rings. The van der Waals surface area contributed by atoms with Crippen LogP contribution in [0.25, 0.3) is 0 Å². The molecule has 0 aromatic rings. The van der Waals surface area contributed by atoms with Crippen molar-refractivity contribution in [3.63, 3.8) is 0 Å². The van der Waals surface area contributed by atoms with E-state index in [9.17, 15) is 0 Å². The number of unbranched alkanes of at least 4 members (excludes halogenated alkanes) is 4. The Morgan fingerprint density at radius 3 is 2.43 bits per heavy atom. The third-order valence-electron chi connectivity index (χ3n) is 2.57. The summed E-state index contributed by atoms with van der Waals surface area (Å²) in [5.41, 5.74) is 0. The van der Waals surface area contributed by atoms with Crippen molar-refractivity contribution in [3.8, 4) is 0 Å². The predicted molar refractivity (Wildman–Crippen MR) is 62.5 cm³/mol. The molecule has 2 N–H and O–H groups in total. The number of hydrogen-bond donors (Lipinski definition) is 2. The van der Waals surface area contributed by atoms with Gasteiger partial charge < -0.3 is 10.4 Å². The summed E-state index contributed by atoms with van der Waals surface area (Å²) >= 11 is 0. The molecule has 14 heavy (non-hydrogen) atoms. The number of aliphatic hydroxyl groups excluding tert-OH is 1. The van der Waals surface area contributed by atoms with Gasteiger partial charge in [-0.05, 0) is 26.3 Å².